The van der Waals surface area contributed by atoms with Crippen molar-refractivity contribution in [3.8, 4) is 0 Å². The van der Waals surface area contributed by atoms with Crippen LogP contribution in [0.2, 0.25) is 0 Å². The van der Waals surface area contributed by atoms with E-state index in [2.05, 4.69) is 14.9 Å². The molecule has 156 valence electrons. The summed E-state index contributed by atoms with van der Waals surface area (Å²) in [5, 5.41) is 2.73. The van der Waals surface area contributed by atoms with Crippen LogP contribution in [0.15, 0.2) is 53.4 Å². The van der Waals surface area contributed by atoms with Gasteiger partial charge in [0.05, 0.1) is 6.04 Å². The lowest BCUT2D eigenvalue weighted by Crippen LogP contribution is -2.41. The standard InChI is InChI=1S/C20H24FN3O3S2/c1-15(23-29(26,27)19-8-3-2-7-18(19)21)20(25)22-17-6-4-5-16(13-17)14-24-9-11-28-12-10-24/h2-8,13,15,23H,9-12,14H2,1H3,(H,22,25)/t15-/m0/s1. The van der Waals surface area contributed by atoms with E-state index < -0.39 is 32.7 Å². The summed E-state index contributed by atoms with van der Waals surface area (Å²) < 4.78 is 40.7. The van der Waals surface area contributed by atoms with Gasteiger partial charge in [-0.1, -0.05) is 24.3 Å². The van der Waals surface area contributed by atoms with E-state index in [9.17, 15) is 17.6 Å². The van der Waals surface area contributed by atoms with Crippen molar-refractivity contribution < 1.29 is 17.6 Å². The topological polar surface area (TPSA) is 78.5 Å². The number of sulfonamides is 1. The molecular weight excluding hydrogens is 413 g/mol. The number of rotatable bonds is 7. The molecule has 1 aliphatic rings. The number of halogens is 1. The zero-order chi connectivity index (χ0) is 20.9. The van der Waals surface area contributed by atoms with Crippen LogP contribution in [0, 0.1) is 5.82 Å². The van der Waals surface area contributed by atoms with E-state index in [0.29, 0.717) is 5.69 Å². The predicted octanol–water partition coefficient (Wildman–Crippen LogP) is 2.68. The minimum atomic E-state index is -4.15. The maximum Gasteiger partial charge on any atom is 0.244 e. The van der Waals surface area contributed by atoms with Crippen LogP contribution in [0.25, 0.3) is 0 Å². The van der Waals surface area contributed by atoms with Crippen LogP contribution in [0.3, 0.4) is 0 Å². The van der Waals surface area contributed by atoms with E-state index in [1.807, 2.05) is 30.0 Å². The summed E-state index contributed by atoms with van der Waals surface area (Å²) in [4.78, 5) is 14.3. The molecule has 0 unspecified atom stereocenters. The van der Waals surface area contributed by atoms with Gasteiger partial charge < -0.3 is 5.32 Å². The molecule has 2 N–H and O–H groups in total. The van der Waals surface area contributed by atoms with Crippen LogP contribution >= 0.6 is 11.8 Å². The monoisotopic (exact) mass is 437 g/mol. The molecule has 1 fully saturated rings. The molecule has 2 aromatic carbocycles. The Kier molecular flexibility index (Phi) is 7.28. The Balaban J connectivity index is 1.62. The van der Waals surface area contributed by atoms with Crippen molar-refractivity contribution in [3.63, 3.8) is 0 Å². The summed E-state index contributed by atoms with van der Waals surface area (Å²) >= 11 is 1.95. The van der Waals surface area contributed by atoms with Gasteiger partial charge in [-0.2, -0.15) is 16.5 Å². The Labute approximate surface area is 174 Å². The third-order valence-electron chi connectivity index (χ3n) is 4.56. The summed E-state index contributed by atoms with van der Waals surface area (Å²) in [6.45, 7) is 4.30. The van der Waals surface area contributed by atoms with Gasteiger partial charge >= 0.3 is 0 Å². The van der Waals surface area contributed by atoms with Gasteiger partial charge in [0.15, 0.2) is 0 Å². The second-order valence-corrected chi connectivity index (χ2v) is 9.76. The smallest absolute Gasteiger partial charge is 0.244 e. The molecule has 0 saturated carbocycles. The summed E-state index contributed by atoms with van der Waals surface area (Å²) in [6.07, 6.45) is 0. The number of carbonyl (C=O) groups excluding carboxylic acids is 1. The lowest BCUT2D eigenvalue weighted by Gasteiger charge is -2.26. The van der Waals surface area contributed by atoms with Crippen LogP contribution in [-0.2, 0) is 21.4 Å². The average Bonchev–Trinajstić information content (AvgIpc) is 2.69. The first-order valence-electron chi connectivity index (χ1n) is 9.32. The number of carbonyl (C=O) groups is 1. The molecule has 1 aliphatic heterocycles. The first-order valence-corrected chi connectivity index (χ1v) is 12.0. The van der Waals surface area contributed by atoms with Crippen LogP contribution in [0.5, 0.6) is 0 Å². The van der Waals surface area contributed by atoms with Crippen molar-refractivity contribution in [2.45, 2.75) is 24.4 Å². The zero-order valence-electron chi connectivity index (χ0n) is 16.1. The molecule has 0 spiro atoms. The second kappa shape index (κ2) is 9.71. The average molecular weight is 438 g/mol. The fourth-order valence-corrected chi connectivity index (χ4v) is 5.29. The van der Waals surface area contributed by atoms with Gasteiger partial charge in [0.2, 0.25) is 15.9 Å². The minimum Gasteiger partial charge on any atom is -0.325 e. The quantitative estimate of drug-likeness (QED) is 0.696. The van der Waals surface area contributed by atoms with Crippen LogP contribution in [0.4, 0.5) is 10.1 Å². The lowest BCUT2D eigenvalue weighted by atomic mass is 10.2. The molecule has 3 rings (SSSR count). The first-order chi connectivity index (χ1) is 13.8. The minimum absolute atomic E-state index is 0.485. The van der Waals surface area contributed by atoms with Crippen LogP contribution < -0.4 is 10.0 Å². The van der Waals surface area contributed by atoms with E-state index in [0.717, 1.165) is 48.8 Å². The molecule has 2 aromatic rings. The largest absolute Gasteiger partial charge is 0.325 e. The molecular formula is C20H24FN3O3S2. The van der Waals surface area contributed by atoms with Gasteiger partial charge in [-0.05, 0) is 36.8 Å². The lowest BCUT2D eigenvalue weighted by molar-refractivity contribution is -0.117. The third kappa shape index (κ3) is 6.02. The third-order valence-corrected chi connectivity index (χ3v) is 7.07. The van der Waals surface area contributed by atoms with Gasteiger partial charge in [0, 0.05) is 36.8 Å². The van der Waals surface area contributed by atoms with Crippen LogP contribution in [0.1, 0.15) is 12.5 Å². The van der Waals surface area contributed by atoms with Crippen molar-refractivity contribution in [1.82, 2.24) is 9.62 Å². The molecule has 0 bridgehead atoms. The molecule has 6 nitrogen and oxygen atoms in total. The van der Waals surface area contributed by atoms with Crippen molar-refractivity contribution in [2.75, 3.05) is 29.9 Å². The van der Waals surface area contributed by atoms with E-state index in [1.165, 1.54) is 19.1 Å². The Morgan fingerprint density at radius 2 is 1.90 bits per heavy atom. The van der Waals surface area contributed by atoms with Crippen molar-refractivity contribution in [2.24, 2.45) is 0 Å². The highest BCUT2D eigenvalue weighted by Crippen LogP contribution is 2.17. The van der Waals surface area contributed by atoms with Crippen molar-refractivity contribution >= 4 is 33.4 Å². The highest BCUT2D eigenvalue weighted by Gasteiger charge is 2.24. The molecule has 1 heterocycles. The maximum absolute atomic E-state index is 13.8. The SMILES string of the molecule is C[C@H](NS(=O)(=O)c1ccccc1F)C(=O)Nc1cccc(CN2CCSCC2)c1. The van der Waals surface area contributed by atoms with Gasteiger partial charge in [-0.3, -0.25) is 9.69 Å². The number of thioether (sulfide) groups is 1. The van der Waals surface area contributed by atoms with Crippen LogP contribution in [-0.4, -0.2) is 49.9 Å². The molecule has 1 saturated heterocycles. The summed E-state index contributed by atoms with van der Waals surface area (Å²) in [6, 6.07) is 11.5. The van der Waals surface area contributed by atoms with Gasteiger partial charge in [0.1, 0.15) is 10.7 Å². The molecule has 1 atom stereocenters. The Morgan fingerprint density at radius 1 is 1.17 bits per heavy atom. The van der Waals surface area contributed by atoms with E-state index in [-0.39, 0.29) is 0 Å². The van der Waals surface area contributed by atoms with Crippen molar-refractivity contribution in [3.05, 3.63) is 59.9 Å². The van der Waals surface area contributed by atoms with E-state index in [4.69, 9.17) is 0 Å². The van der Waals surface area contributed by atoms with E-state index >= 15 is 0 Å². The number of anilines is 1. The number of hydrogen-bond donors (Lipinski definition) is 2. The van der Waals surface area contributed by atoms with E-state index in [1.54, 1.807) is 6.07 Å². The molecule has 29 heavy (non-hydrogen) atoms. The highest BCUT2D eigenvalue weighted by molar-refractivity contribution is 7.99. The predicted molar refractivity (Wildman–Crippen MR) is 114 cm³/mol. The van der Waals surface area contributed by atoms with Crippen molar-refractivity contribution in [1.29, 1.82) is 0 Å². The van der Waals surface area contributed by atoms with Gasteiger partial charge in [-0.15, -0.1) is 0 Å². The Morgan fingerprint density at radius 3 is 2.62 bits per heavy atom. The zero-order valence-corrected chi connectivity index (χ0v) is 17.7. The number of amides is 1. The Hall–Kier alpha value is -1.94. The normalized spacial score (nSPS) is 16.3. The van der Waals surface area contributed by atoms with Gasteiger partial charge in [0.25, 0.3) is 0 Å². The summed E-state index contributed by atoms with van der Waals surface area (Å²) in [5.41, 5.74) is 1.67. The Bertz CT molecular complexity index is 963. The first kappa shape index (κ1) is 21.8. The fraction of sp³-hybridized carbons (Fsp3) is 0.350. The number of nitrogens with one attached hydrogen (secondary N) is 2. The molecule has 1 amide bonds. The second-order valence-electron chi connectivity index (χ2n) is 6.85. The summed E-state index contributed by atoms with van der Waals surface area (Å²) in [7, 11) is -4.15. The number of nitrogens with zero attached hydrogens (tertiary/aromatic N) is 1. The molecule has 9 heteroatoms. The number of hydrogen-bond acceptors (Lipinski definition) is 5. The fourth-order valence-electron chi connectivity index (χ4n) is 3.03. The highest BCUT2D eigenvalue weighted by atomic mass is 32.2. The van der Waals surface area contributed by atoms with Gasteiger partial charge in [-0.25, -0.2) is 12.8 Å². The molecule has 0 aliphatic carbocycles. The summed E-state index contributed by atoms with van der Waals surface area (Å²) in [5.74, 6) is 0.861. The molecule has 0 radical (unpaired) electrons. The maximum atomic E-state index is 13.8. The number of benzene rings is 2. The molecule has 0 aromatic heterocycles.